The van der Waals surface area contributed by atoms with Gasteiger partial charge in [0.1, 0.15) is 11.7 Å². The van der Waals surface area contributed by atoms with E-state index in [9.17, 15) is 10.0 Å². The molecule has 0 radical (unpaired) electrons. The smallest absolute Gasteiger partial charge is 0.257 e. The van der Waals surface area contributed by atoms with Gasteiger partial charge in [0.25, 0.3) is 5.91 Å². The quantitative estimate of drug-likeness (QED) is 0.647. The minimum Gasteiger partial charge on any atom is -0.619 e. The van der Waals surface area contributed by atoms with Crippen LogP contribution in [0.4, 0.5) is 0 Å². The van der Waals surface area contributed by atoms with Crippen LogP contribution in [-0.2, 0) is 0 Å². The van der Waals surface area contributed by atoms with E-state index in [0.29, 0.717) is 22.1 Å². The molecule has 0 atom stereocenters. The molecule has 0 spiro atoms. The molecule has 1 aliphatic carbocycles. The highest BCUT2D eigenvalue weighted by molar-refractivity contribution is 5.93. The SMILES string of the molecule is COc1cncc(OC2CCC(NC(=O)c3ccc[n+]([O-])c3)CC2)n1. The van der Waals surface area contributed by atoms with Gasteiger partial charge in [-0.2, -0.15) is 9.71 Å². The number of ether oxygens (including phenoxy) is 2. The summed E-state index contributed by atoms with van der Waals surface area (Å²) in [6.45, 7) is 0. The molecule has 3 rings (SSSR count). The van der Waals surface area contributed by atoms with Crippen molar-refractivity contribution in [3.8, 4) is 11.8 Å². The third-order valence-corrected chi connectivity index (χ3v) is 4.13. The Kier molecular flexibility index (Phi) is 5.27. The molecular weight excluding hydrogens is 324 g/mol. The van der Waals surface area contributed by atoms with Crippen molar-refractivity contribution >= 4 is 5.91 Å². The lowest BCUT2D eigenvalue weighted by Gasteiger charge is -2.29. The number of aromatic nitrogens is 3. The molecule has 1 fully saturated rings. The van der Waals surface area contributed by atoms with Crippen LogP contribution in [0.1, 0.15) is 36.0 Å². The first-order valence-corrected chi connectivity index (χ1v) is 8.16. The summed E-state index contributed by atoms with van der Waals surface area (Å²) in [6, 6.07) is 3.26. The Morgan fingerprint density at radius 3 is 2.76 bits per heavy atom. The van der Waals surface area contributed by atoms with Crippen LogP contribution in [0.25, 0.3) is 0 Å². The summed E-state index contributed by atoms with van der Waals surface area (Å²) >= 11 is 0. The number of carbonyl (C=O) groups excluding carboxylic acids is 1. The zero-order chi connectivity index (χ0) is 17.6. The van der Waals surface area contributed by atoms with Crippen molar-refractivity contribution in [3.05, 3.63) is 47.7 Å². The fourth-order valence-corrected chi connectivity index (χ4v) is 2.84. The maximum Gasteiger partial charge on any atom is 0.257 e. The van der Waals surface area contributed by atoms with Gasteiger partial charge in [-0.1, -0.05) is 0 Å². The summed E-state index contributed by atoms with van der Waals surface area (Å²) < 4.78 is 11.5. The molecule has 0 saturated heterocycles. The lowest BCUT2D eigenvalue weighted by molar-refractivity contribution is -0.605. The second-order valence-electron chi connectivity index (χ2n) is 5.92. The van der Waals surface area contributed by atoms with E-state index >= 15 is 0 Å². The molecule has 0 aliphatic heterocycles. The van der Waals surface area contributed by atoms with Crippen molar-refractivity contribution in [2.24, 2.45) is 0 Å². The van der Waals surface area contributed by atoms with E-state index in [1.54, 1.807) is 18.3 Å². The number of rotatable bonds is 5. The zero-order valence-corrected chi connectivity index (χ0v) is 13.9. The predicted octanol–water partition coefficient (Wildman–Crippen LogP) is 1.24. The van der Waals surface area contributed by atoms with E-state index in [-0.39, 0.29) is 18.1 Å². The van der Waals surface area contributed by atoms with Gasteiger partial charge in [0, 0.05) is 12.1 Å². The lowest BCUT2D eigenvalue weighted by Crippen LogP contribution is -2.40. The summed E-state index contributed by atoms with van der Waals surface area (Å²) in [6.07, 6.45) is 8.95. The Bertz CT molecular complexity index is 732. The Morgan fingerprint density at radius 1 is 1.28 bits per heavy atom. The molecule has 2 aromatic heterocycles. The van der Waals surface area contributed by atoms with Crippen LogP contribution >= 0.6 is 0 Å². The average Bonchev–Trinajstić information content (AvgIpc) is 2.63. The van der Waals surface area contributed by atoms with Gasteiger partial charge in [0.15, 0.2) is 12.4 Å². The second kappa shape index (κ2) is 7.78. The number of hydrogen-bond acceptors (Lipinski definition) is 6. The number of nitrogens with one attached hydrogen (secondary N) is 1. The number of amides is 1. The number of carbonyl (C=O) groups is 1. The van der Waals surface area contributed by atoms with Crippen molar-refractivity contribution in [3.63, 3.8) is 0 Å². The van der Waals surface area contributed by atoms with Crippen LogP contribution in [0.15, 0.2) is 36.9 Å². The molecule has 2 aromatic rings. The number of hydrogen-bond donors (Lipinski definition) is 1. The van der Waals surface area contributed by atoms with E-state index in [1.165, 1.54) is 25.7 Å². The topological polar surface area (TPSA) is 100 Å². The van der Waals surface area contributed by atoms with Gasteiger partial charge in [-0.15, -0.1) is 0 Å². The Hall–Kier alpha value is -2.90. The molecule has 25 heavy (non-hydrogen) atoms. The van der Waals surface area contributed by atoms with Gasteiger partial charge < -0.3 is 20.0 Å². The molecule has 8 nitrogen and oxygen atoms in total. The first-order chi connectivity index (χ1) is 12.1. The van der Waals surface area contributed by atoms with Crippen LogP contribution in [0.2, 0.25) is 0 Å². The molecule has 2 heterocycles. The van der Waals surface area contributed by atoms with Crippen molar-refractivity contribution in [1.29, 1.82) is 0 Å². The molecule has 1 aliphatic rings. The molecule has 0 bridgehead atoms. The van der Waals surface area contributed by atoms with Gasteiger partial charge in [0.2, 0.25) is 11.8 Å². The highest BCUT2D eigenvalue weighted by Gasteiger charge is 2.24. The van der Waals surface area contributed by atoms with Crippen molar-refractivity contribution < 1.29 is 19.0 Å². The van der Waals surface area contributed by atoms with Gasteiger partial charge in [-0.25, -0.2) is 0 Å². The monoisotopic (exact) mass is 344 g/mol. The summed E-state index contributed by atoms with van der Waals surface area (Å²) in [5.74, 6) is 0.626. The molecule has 0 aromatic carbocycles. The number of nitrogens with zero attached hydrogens (tertiary/aromatic N) is 3. The molecule has 8 heteroatoms. The highest BCUT2D eigenvalue weighted by Crippen LogP contribution is 2.23. The fourth-order valence-electron chi connectivity index (χ4n) is 2.84. The maximum absolute atomic E-state index is 12.2. The minimum absolute atomic E-state index is 0.0371. The summed E-state index contributed by atoms with van der Waals surface area (Å²) in [5, 5.41) is 14.2. The minimum atomic E-state index is -0.228. The average molecular weight is 344 g/mol. The van der Waals surface area contributed by atoms with E-state index in [1.807, 2.05) is 0 Å². The first-order valence-electron chi connectivity index (χ1n) is 8.16. The summed E-state index contributed by atoms with van der Waals surface area (Å²) in [4.78, 5) is 20.4. The first kappa shape index (κ1) is 16.9. The number of pyridine rings is 1. The maximum atomic E-state index is 12.2. The Labute approximate surface area is 145 Å². The van der Waals surface area contributed by atoms with Gasteiger partial charge >= 0.3 is 0 Å². The van der Waals surface area contributed by atoms with Crippen LogP contribution in [-0.4, -0.2) is 35.1 Å². The third kappa shape index (κ3) is 4.56. The lowest BCUT2D eigenvalue weighted by atomic mass is 9.93. The molecule has 1 N–H and O–H groups in total. The van der Waals surface area contributed by atoms with Crippen molar-refractivity contribution in [2.75, 3.05) is 7.11 Å². The standard InChI is InChI=1S/C17H20N4O4/c1-24-15-9-18-10-16(20-15)25-14-6-4-13(5-7-14)19-17(22)12-3-2-8-21(23)11-12/h2-3,8-11,13-14H,4-7H2,1H3,(H,19,22). The molecule has 132 valence electrons. The van der Waals surface area contributed by atoms with E-state index in [0.717, 1.165) is 25.7 Å². The fraction of sp³-hybridized carbons (Fsp3) is 0.412. The summed E-state index contributed by atoms with van der Waals surface area (Å²) in [7, 11) is 1.53. The molecule has 1 saturated carbocycles. The number of methoxy groups -OCH3 is 1. The van der Waals surface area contributed by atoms with E-state index in [4.69, 9.17) is 9.47 Å². The Balaban J connectivity index is 1.49. The van der Waals surface area contributed by atoms with Crippen LogP contribution in [0.5, 0.6) is 11.8 Å². The normalized spacial score (nSPS) is 19.9. The Morgan fingerprint density at radius 2 is 2.04 bits per heavy atom. The van der Waals surface area contributed by atoms with Crippen LogP contribution in [0.3, 0.4) is 0 Å². The van der Waals surface area contributed by atoms with Gasteiger partial charge in [-0.3, -0.25) is 9.78 Å². The largest absolute Gasteiger partial charge is 0.619 e. The van der Waals surface area contributed by atoms with Crippen LogP contribution < -0.4 is 19.5 Å². The van der Waals surface area contributed by atoms with Gasteiger partial charge in [0.05, 0.1) is 19.5 Å². The molecule has 1 amide bonds. The highest BCUT2D eigenvalue weighted by atomic mass is 16.5. The van der Waals surface area contributed by atoms with Gasteiger partial charge in [-0.05, 0) is 31.7 Å². The molecule has 0 unspecified atom stereocenters. The van der Waals surface area contributed by atoms with E-state index in [2.05, 4.69) is 15.3 Å². The second-order valence-corrected chi connectivity index (χ2v) is 5.92. The van der Waals surface area contributed by atoms with Crippen LogP contribution in [0, 0.1) is 5.21 Å². The van der Waals surface area contributed by atoms with Crippen molar-refractivity contribution in [1.82, 2.24) is 15.3 Å². The molecular formula is C17H20N4O4. The zero-order valence-electron chi connectivity index (χ0n) is 13.9. The van der Waals surface area contributed by atoms with E-state index < -0.39 is 0 Å². The third-order valence-electron chi connectivity index (χ3n) is 4.13. The summed E-state index contributed by atoms with van der Waals surface area (Å²) in [5.41, 5.74) is 0.363. The van der Waals surface area contributed by atoms with Crippen molar-refractivity contribution in [2.45, 2.75) is 37.8 Å². The predicted molar refractivity (Wildman–Crippen MR) is 88.1 cm³/mol.